The Balaban J connectivity index is 1.89. The molecular weight excluding hydrogens is 454 g/mol. The quantitative estimate of drug-likeness (QED) is 0.317. The number of ether oxygens (including phenoxy) is 2. The minimum Gasteiger partial charge on any atom is -0.497 e. The second-order valence-electron chi connectivity index (χ2n) is 8.30. The van der Waals surface area contributed by atoms with Crippen molar-refractivity contribution in [3.8, 4) is 17.2 Å². The van der Waals surface area contributed by atoms with Crippen molar-refractivity contribution in [2.24, 2.45) is 0 Å². The van der Waals surface area contributed by atoms with Crippen molar-refractivity contribution in [2.75, 3.05) is 20.3 Å². The molecule has 4 aromatic rings. The van der Waals surface area contributed by atoms with Gasteiger partial charge in [-0.1, -0.05) is 25.1 Å². The number of fused-ring (bicyclic) bond motifs is 1. The van der Waals surface area contributed by atoms with E-state index in [2.05, 4.69) is 0 Å². The second-order valence-corrected chi connectivity index (χ2v) is 8.30. The molecule has 186 valence electrons. The smallest absolute Gasteiger partial charge is 0.266 e. The van der Waals surface area contributed by atoms with Crippen LogP contribution in [0.3, 0.4) is 0 Å². The minimum atomic E-state index is -0.433. The zero-order valence-electron chi connectivity index (χ0n) is 21.1. The largest absolute Gasteiger partial charge is 0.497 e. The number of nitrogens with zero attached hydrogens (tertiary/aromatic N) is 3. The van der Waals surface area contributed by atoms with Crippen molar-refractivity contribution in [3.63, 3.8) is 0 Å². The molecule has 0 aliphatic heterocycles. The van der Waals surface area contributed by atoms with E-state index in [0.29, 0.717) is 53.3 Å². The predicted octanol–water partition coefficient (Wildman–Crippen LogP) is 5.41. The Morgan fingerprint density at radius 3 is 2.39 bits per heavy atom. The highest BCUT2D eigenvalue weighted by atomic mass is 16.5. The number of aromatic nitrogens is 2. The van der Waals surface area contributed by atoms with Crippen LogP contribution in [-0.4, -0.2) is 40.6 Å². The highest BCUT2D eigenvalue weighted by Gasteiger charge is 2.29. The summed E-state index contributed by atoms with van der Waals surface area (Å²) in [6, 6.07) is 21.3. The highest BCUT2D eigenvalue weighted by molar-refractivity contribution is 5.95. The summed E-state index contributed by atoms with van der Waals surface area (Å²) in [6.07, 6.45) is 0.575. The number of para-hydroxylation sites is 1. The highest BCUT2D eigenvalue weighted by Crippen LogP contribution is 2.28. The molecule has 0 aliphatic carbocycles. The molecule has 7 heteroatoms. The van der Waals surface area contributed by atoms with Crippen molar-refractivity contribution in [1.29, 1.82) is 0 Å². The maximum atomic E-state index is 13.8. The van der Waals surface area contributed by atoms with Crippen molar-refractivity contribution >= 4 is 16.8 Å². The second kappa shape index (κ2) is 11.1. The first kappa shape index (κ1) is 25.0. The lowest BCUT2D eigenvalue weighted by Gasteiger charge is -2.31. The number of carbonyl (C=O) groups is 1. The van der Waals surface area contributed by atoms with Gasteiger partial charge in [-0.05, 0) is 74.9 Å². The maximum absolute atomic E-state index is 13.8. The minimum absolute atomic E-state index is 0.149. The van der Waals surface area contributed by atoms with Crippen molar-refractivity contribution in [2.45, 2.75) is 33.2 Å². The van der Waals surface area contributed by atoms with E-state index >= 15 is 0 Å². The van der Waals surface area contributed by atoms with E-state index in [1.807, 2.05) is 63.2 Å². The molecule has 0 fully saturated rings. The van der Waals surface area contributed by atoms with Gasteiger partial charge in [-0.3, -0.25) is 14.2 Å². The lowest BCUT2D eigenvalue weighted by molar-refractivity contribution is 0.0671. The molecule has 0 radical (unpaired) electrons. The molecule has 0 spiro atoms. The Morgan fingerprint density at radius 2 is 1.72 bits per heavy atom. The number of amides is 1. The predicted molar refractivity (Wildman–Crippen MR) is 141 cm³/mol. The molecule has 1 unspecified atom stereocenters. The third kappa shape index (κ3) is 4.82. The van der Waals surface area contributed by atoms with Crippen molar-refractivity contribution in [1.82, 2.24) is 14.5 Å². The van der Waals surface area contributed by atoms with Crippen LogP contribution < -0.4 is 15.0 Å². The van der Waals surface area contributed by atoms with E-state index in [0.717, 1.165) is 5.75 Å². The van der Waals surface area contributed by atoms with Gasteiger partial charge in [0.2, 0.25) is 0 Å². The van der Waals surface area contributed by atoms with E-state index in [4.69, 9.17) is 14.5 Å². The number of hydrogen-bond acceptors (Lipinski definition) is 5. The number of benzene rings is 3. The standard InChI is InChI=1S/C29H31N3O4/c1-5-26(31(6-2)28(33)20-11-10-12-23(19-20)35-4)27-30-25-14-9-8-13-24(25)29(34)32(27)21-15-17-22(18-16-21)36-7-3/h8-19,26H,5-7H2,1-4H3. The molecule has 3 aromatic carbocycles. The van der Waals surface area contributed by atoms with Crippen LogP contribution in [0.4, 0.5) is 0 Å². The Labute approximate surface area is 210 Å². The monoisotopic (exact) mass is 485 g/mol. The first-order valence-corrected chi connectivity index (χ1v) is 12.2. The zero-order valence-corrected chi connectivity index (χ0v) is 21.1. The molecule has 0 N–H and O–H groups in total. The van der Waals surface area contributed by atoms with Crippen molar-refractivity contribution in [3.05, 3.63) is 94.5 Å². The number of hydrogen-bond donors (Lipinski definition) is 0. The SMILES string of the molecule is CCOc1ccc(-n2c(C(CC)N(CC)C(=O)c3cccc(OC)c3)nc3ccccc3c2=O)cc1. The van der Waals surface area contributed by atoms with Gasteiger partial charge in [0, 0.05) is 12.1 Å². The van der Waals surface area contributed by atoms with Crippen LogP contribution in [0, 0.1) is 0 Å². The molecule has 0 aliphatic rings. The van der Waals surface area contributed by atoms with Crippen LogP contribution in [0.15, 0.2) is 77.6 Å². The fraction of sp³-hybridized carbons (Fsp3) is 0.276. The first-order valence-electron chi connectivity index (χ1n) is 12.2. The molecule has 7 nitrogen and oxygen atoms in total. The lowest BCUT2D eigenvalue weighted by Crippen LogP contribution is -2.38. The Hall–Kier alpha value is -4.13. The average molecular weight is 486 g/mol. The van der Waals surface area contributed by atoms with Gasteiger partial charge in [-0.25, -0.2) is 4.98 Å². The topological polar surface area (TPSA) is 73.7 Å². The molecule has 1 heterocycles. The van der Waals surface area contributed by atoms with Crippen LogP contribution in [0.25, 0.3) is 16.6 Å². The molecule has 1 aromatic heterocycles. The Morgan fingerprint density at radius 1 is 0.972 bits per heavy atom. The molecule has 0 saturated carbocycles. The van der Waals surface area contributed by atoms with Crippen LogP contribution in [0.5, 0.6) is 11.5 Å². The maximum Gasteiger partial charge on any atom is 0.266 e. The van der Waals surface area contributed by atoms with Crippen LogP contribution in [0.1, 0.15) is 49.4 Å². The normalized spacial score (nSPS) is 11.8. The first-order chi connectivity index (χ1) is 17.5. The summed E-state index contributed by atoms with van der Waals surface area (Å²) in [7, 11) is 1.57. The molecule has 4 rings (SSSR count). The fourth-order valence-corrected chi connectivity index (χ4v) is 4.45. The summed E-state index contributed by atoms with van der Waals surface area (Å²) in [5.74, 6) is 1.70. The lowest BCUT2D eigenvalue weighted by atomic mass is 10.1. The summed E-state index contributed by atoms with van der Waals surface area (Å²) < 4.78 is 12.5. The van der Waals surface area contributed by atoms with Gasteiger partial charge >= 0.3 is 0 Å². The van der Waals surface area contributed by atoms with Gasteiger partial charge < -0.3 is 14.4 Å². The van der Waals surface area contributed by atoms with Gasteiger partial charge in [0.25, 0.3) is 11.5 Å². The third-order valence-corrected chi connectivity index (χ3v) is 6.19. The van der Waals surface area contributed by atoms with Gasteiger partial charge in [0.1, 0.15) is 17.3 Å². The number of methoxy groups -OCH3 is 1. The van der Waals surface area contributed by atoms with E-state index in [-0.39, 0.29) is 11.5 Å². The fourth-order valence-electron chi connectivity index (χ4n) is 4.45. The van der Waals surface area contributed by atoms with Gasteiger partial charge in [0.05, 0.1) is 36.3 Å². The van der Waals surface area contributed by atoms with Crippen molar-refractivity contribution < 1.29 is 14.3 Å². The summed E-state index contributed by atoms with van der Waals surface area (Å²) in [4.78, 5) is 34.2. The molecule has 0 bridgehead atoms. The summed E-state index contributed by atoms with van der Waals surface area (Å²) in [5.41, 5.74) is 1.61. The summed E-state index contributed by atoms with van der Waals surface area (Å²) >= 11 is 0. The van der Waals surface area contributed by atoms with Crippen LogP contribution in [-0.2, 0) is 0 Å². The van der Waals surface area contributed by atoms with Crippen LogP contribution in [0.2, 0.25) is 0 Å². The molecular formula is C29H31N3O4. The molecule has 1 amide bonds. The molecule has 0 saturated heterocycles. The summed E-state index contributed by atoms with van der Waals surface area (Å²) in [5, 5.41) is 0.521. The van der Waals surface area contributed by atoms with E-state index in [1.165, 1.54) is 0 Å². The summed E-state index contributed by atoms with van der Waals surface area (Å²) in [6.45, 7) is 6.85. The van der Waals surface area contributed by atoms with E-state index in [1.54, 1.807) is 46.9 Å². The van der Waals surface area contributed by atoms with E-state index in [9.17, 15) is 9.59 Å². The molecule has 36 heavy (non-hydrogen) atoms. The Bertz CT molecular complexity index is 1410. The zero-order chi connectivity index (χ0) is 25.7. The number of carbonyl (C=O) groups excluding carboxylic acids is 1. The Kier molecular flexibility index (Phi) is 7.68. The third-order valence-electron chi connectivity index (χ3n) is 6.19. The number of rotatable bonds is 9. The molecule has 1 atom stereocenters. The van der Waals surface area contributed by atoms with Gasteiger partial charge in [-0.15, -0.1) is 0 Å². The van der Waals surface area contributed by atoms with Gasteiger partial charge in [0.15, 0.2) is 0 Å². The van der Waals surface area contributed by atoms with Crippen LogP contribution >= 0.6 is 0 Å². The average Bonchev–Trinajstić information content (AvgIpc) is 2.92. The van der Waals surface area contributed by atoms with E-state index < -0.39 is 6.04 Å². The van der Waals surface area contributed by atoms with Gasteiger partial charge in [-0.2, -0.15) is 0 Å².